The molecular weight excluding hydrogens is 402 g/mol. The molecule has 5 heteroatoms. The predicted octanol–water partition coefficient (Wildman–Crippen LogP) is 4.00. The van der Waals surface area contributed by atoms with Gasteiger partial charge in [0.15, 0.2) is 0 Å². The van der Waals surface area contributed by atoms with Crippen LogP contribution in [0.1, 0.15) is 33.1 Å². The molecule has 2 rings (SSSR count). The van der Waals surface area contributed by atoms with Gasteiger partial charge in [0.05, 0.1) is 18.3 Å². The molecular formula is C27H35NO4. The fourth-order valence-electron chi connectivity index (χ4n) is 3.30. The van der Waals surface area contributed by atoms with E-state index < -0.39 is 18.3 Å². The summed E-state index contributed by atoms with van der Waals surface area (Å²) in [7, 11) is 0. The molecule has 0 aromatic carbocycles. The van der Waals surface area contributed by atoms with Gasteiger partial charge in [-0.1, -0.05) is 90.6 Å². The Morgan fingerprint density at radius 2 is 1.59 bits per heavy atom. The van der Waals surface area contributed by atoms with E-state index in [4.69, 9.17) is 4.74 Å². The summed E-state index contributed by atoms with van der Waals surface area (Å²) in [6.07, 6.45) is 27.3. The molecule has 2 heterocycles. The van der Waals surface area contributed by atoms with Crippen molar-refractivity contribution in [1.82, 2.24) is 5.32 Å². The second-order valence-corrected chi connectivity index (χ2v) is 8.03. The number of amides is 1. The van der Waals surface area contributed by atoms with Gasteiger partial charge < -0.3 is 20.3 Å². The SMILES string of the molecule is CC1=CC=CC=CC=CC[C@@H](C)NC(=O)C=CC=CC[C@H]2O[C@@H](C=CC=C1)C[C@@H](O)[C@@H]2O. The maximum absolute atomic E-state index is 12.0. The van der Waals surface area contributed by atoms with E-state index >= 15 is 0 Å². The molecule has 2 aliphatic rings. The number of carbonyl (C=O) groups excluding carboxylic acids is 1. The molecule has 0 aliphatic carbocycles. The van der Waals surface area contributed by atoms with E-state index in [1.807, 2.05) is 86.8 Å². The van der Waals surface area contributed by atoms with Crippen molar-refractivity contribution in [2.24, 2.45) is 0 Å². The first-order chi connectivity index (χ1) is 15.5. The van der Waals surface area contributed by atoms with E-state index in [9.17, 15) is 15.0 Å². The summed E-state index contributed by atoms with van der Waals surface area (Å²) in [6.45, 7) is 3.98. The van der Waals surface area contributed by atoms with Crippen LogP contribution in [0.25, 0.3) is 0 Å². The number of aliphatic hydroxyl groups is 2. The van der Waals surface area contributed by atoms with Crippen LogP contribution >= 0.6 is 0 Å². The van der Waals surface area contributed by atoms with Crippen LogP contribution in [0, 0.1) is 0 Å². The van der Waals surface area contributed by atoms with E-state index in [0.717, 1.165) is 12.0 Å². The summed E-state index contributed by atoms with van der Waals surface area (Å²) in [5.41, 5.74) is 1.10. The number of rotatable bonds is 0. The Balaban J connectivity index is 2.11. The first-order valence-corrected chi connectivity index (χ1v) is 11.1. The van der Waals surface area contributed by atoms with Gasteiger partial charge in [-0.2, -0.15) is 0 Å². The fourth-order valence-corrected chi connectivity index (χ4v) is 3.30. The molecule has 5 nitrogen and oxygen atoms in total. The minimum Gasteiger partial charge on any atom is -0.390 e. The lowest BCUT2D eigenvalue weighted by Gasteiger charge is -2.35. The van der Waals surface area contributed by atoms with Gasteiger partial charge in [-0.3, -0.25) is 4.79 Å². The van der Waals surface area contributed by atoms with E-state index in [0.29, 0.717) is 12.8 Å². The van der Waals surface area contributed by atoms with Gasteiger partial charge in [-0.05, 0) is 26.7 Å². The number of hydrogen-bond donors (Lipinski definition) is 3. The second-order valence-electron chi connectivity index (χ2n) is 8.03. The molecule has 0 saturated carbocycles. The number of nitrogens with one attached hydrogen (secondary N) is 1. The quantitative estimate of drug-likeness (QED) is 0.535. The summed E-state index contributed by atoms with van der Waals surface area (Å²) in [5, 5.41) is 23.4. The number of hydrogen-bond acceptors (Lipinski definition) is 4. The highest BCUT2D eigenvalue weighted by Crippen LogP contribution is 2.23. The van der Waals surface area contributed by atoms with E-state index in [1.54, 1.807) is 12.2 Å². The van der Waals surface area contributed by atoms with Crippen molar-refractivity contribution in [1.29, 1.82) is 0 Å². The highest BCUT2D eigenvalue weighted by Gasteiger charge is 2.34. The lowest BCUT2D eigenvalue weighted by molar-refractivity contribution is -0.154. The molecule has 0 aromatic heterocycles. The smallest absolute Gasteiger partial charge is 0.244 e. The topological polar surface area (TPSA) is 78.8 Å². The minimum atomic E-state index is -0.939. The average molecular weight is 438 g/mol. The van der Waals surface area contributed by atoms with Crippen molar-refractivity contribution in [2.75, 3.05) is 0 Å². The largest absolute Gasteiger partial charge is 0.390 e. The Bertz CT molecular complexity index is 829. The van der Waals surface area contributed by atoms with Crippen molar-refractivity contribution in [2.45, 2.75) is 63.6 Å². The lowest BCUT2D eigenvalue weighted by Crippen LogP contribution is -2.47. The molecule has 5 atom stereocenters. The fraction of sp³-hybridized carbons (Fsp3) is 0.370. The number of ether oxygens (including phenoxy) is 1. The Morgan fingerprint density at radius 1 is 0.906 bits per heavy atom. The predicted molar refractivity (Wildman–Crippen MR) is 130 cm³/mol. The number of aliphatic hydroxyl groups excluding tert-OH is 2. The van der Waals surface area contributed by atoms with E-state index in [-0.39, 0.29) is 18.1 Å². The molecule has 2 bridgehead atoms. The van der Waals surface area contributed by atoms with E-state index in [1.165, 1.54) is 6.08 Å². The zero-order chi connectivity index (χ0) is 23.2. The molecule has 1 amide bonds. The van der Waals surface area contributed by atoms with Crippen molar-refractivity contribution in [3.63, 3.8) is 0 Å². The Morgan fingerprint density at radius 3 is 2.44 bits per heavy atom. The van der Waals surface area contributed by atoms with E-state index in [2.05, 4.69) is 5.32 Å². The van der Waals surface area contributed by atoms with Gasteiger partial charge in [-0.25, -0.2) is 0 Å². The molecule has 0 spiro atoms. The molecule has 1 saturated heterocycles. The Hall–Kier alpha value is -2.73. The first-order valence-electron chi connectivity index (χ1n) is 11.1. The maximum atomic E-state index is 12.0. The average Bonchev–Trinajstić information content (AvgIpc) is 2.75. The third-order valence-corrected chi connectivity index (χ3v) is 5.08. The van der Waals surface area contributed by atoms with Crippen LogP contribution < -0.4 is 5.32 Å². The summed E-state index contributed by atoms with van der Waals surface area (Å²) in [5.74, 6) is -0.159. The van der Waals surface area contributed by atoms with Crippen molar-refractivity contribution >= 4 is 5.91 Å². The van der Waals surface area contributed by atoms with Gasteiger partial charge in [-0.15, -0.1) is 0 Å². The molecule has 0 aromatic rings. The highest BCUT2D eigenvalue weighted by atomic mass is 16.5. The first kappa shape index (κ1) is 25.5. The minimum absolute atomic E-state index is 0.0245. The molecule has 0 unspecified atom stereocenters. The summed E-state index contributed by atoms with van der Waals surface area (Å²) < 4.78 is 5.94. The van der Waals surface area contributed by atoms with Gasteiger partial charge in [0.25, 0.3) is 0 Å². The van der Waals surface area contributed by atoms with Crippen LogP contribution in [-0.2, 0) is 9.53 Å². The number of carbonyl (C=O) groups is 1. The Labute approximate surface area is 191 Å². The van der Waals surface area contributed by atoms with Crippen LogP contribution in [0.4, 0.5) is 0 Å². The third kappa shape index (κ3) is 10.1. The van der Waals surface area contributed by atoms with Gasteiger partial charge in [0.1, 0.15) is 6.10 Å². The molecule has 2 aliphatic heterocycles. The van der Waals surface area contributed by atoms with Gasteiger partial charge in [0.2, 0.25) is 5.91 Å². The molecule has 0 radical (unpaired) electrons. The molecule has 1 fully saturated rings. The summed E-state index contributed by atoms with van der Waals surface area (Å²) >= 11 is 0. The zero-order valence-electron chi connectivity index (χ0n) is 18.9. The Kier molecular flexibility index (Phi) is 11.5. The number of fused-ring (bicyclic) bond motifs is 2. The van der Waals surface area contributed by atoms with Crippen LogP contribution in [0.15, 0.2) is 96.7 Å². The highest BCUT2D eigenvalue weighted by molar-refractivity contribution is 5.87. The summed E-state index contributed by atoms with van der Waals surface area (Å²) in [4.78, 5) is 12.0. The zero-order valence-corrected chi connectivity index (χ0v) is 18.9. The molecule has 172 valence electrons. The monoisotopic (exact) mass is 437 g/mol. The normalized spacial score (nSPS) is 30.6. The number of allylic oxidation sites excluding steroid dienone is 12. The maximum Gasteiger partial charge on any atom is 0.244 e. The van der Waals surface area contributed by atoms with Crippen molar-refractivity contribution < 1.29 is 19.7 Å². The van der Waals surface area contributed by atoms with Crippen molar-refractivity contribution in [3.8, 4) is 0 Å². The standard InChI is InChI=1S/C27H35NO4/c1-21-14-8-5-3-4-6-9-16-22(2)28-26(30)19-11-7-10-18-25-27(31)24(29)20-23(32-25)17-13-12-15-21/h3-15,17,19,22-25,27,29,31H,16,18,20H2,1-2H3,(H,28,30)/t22-,23+,24-,25-,27+/m1/s1. The van der Waals surface area contributed by atoms with Crippen LogP contribution in [-0.4, -0.2) is 46.6 Å². The van der Waals surface area contributed by atoms with Crippen LogP contribution in [0.2, 0.25) is 0 Å². The molecule has 32 heavy (non-hydrogen) atoms. The second kappa shape index (κ2) is 14.4. The van der Waals surface area contributed by atoms with Gasteiger partial charge >= 0.3 is 0 Å². The molecule has 3 N–H and O–H groups in total. The van der Waals surface area contributed by atoms with Crippen LogP contribution in [0.3, 0.4) is 0 Å². The lowest BCUT2D eigenvalue weighted by atomic mass is 9.95. The van der Waals surface area contributed by atoms with Crippen LogP contribution in [0.5, 0.6) is 0 Å². The van der Waals surface area contributed by atoms with Crippen molar-refractivity contribution in [3.05, 3.63) is 96.7 Å². The van der Waals surface area contributed by atoms with Gasteiger partial charge in [0, 0.05) is 18.5 Å². The third-order valence-electron chi connectivity index (χ3n) is 5.08. The summed E-state index contributed by atoms with van der Waals surface area (Å²) in [6, 6.07) is 0.0245.